The average Bonchev–Trinajstić information content (AvgIpc) is 2.61. The number of rotatable bonds is 5. The van der Waals surface area contributed by atoms with E-state index >= 15 is 0 Å². The number of carbonyl (C=O) groups excluding carboxylic acids is 1. The molecular weight excluding hydrogens is 310 g/mol. The molecular formula is C22H29NO2. The lowest BCUT2D eigenvalue weighted by molar-refractivity contribution is -0.129. The van der Waals surface area contributed by atoms with E-state index in [1.54, 1.807) is 0 Å². The quantitative estimate of drug-likeness (QED) is 0.810. The van der Waals surface area contributed by atoms with Crippen molar-refractivity contribution >= 4 is 16.7 Å². The lowest BCUT2D eigenvalue weighted by atomic mass is 9.96. The number of benzene rings is 2. The van der Waals surface area contributed by atoms with Crippen LogP contribution in [0.2, 0.25) is 0 Å². The molecule has 1 N–H and O–H groups in total. The van der Waals surface area contributed by atoms with Crippen LogP contribution < -0.4 is 10.1 Å². The van der Waals surface area contributed by atoms with Crippen molar-refractivity contribution in [3.63, 3.8) is 0 Å². The van der Waals surface area contributed by atoms with E-state index in [2.05, 4.69) is 17.4 Å². The summed E-state index contributed by atoms with van der Waals surface area (Å²) in [6.07, 6.45) is 8.78. The summed E-state index contributed by atoms with van der Waals surface area (Å²) in [7, 11) is 0. The van der Waals surface area contributed by atoms with E-state index in [0.29, 0.717) is 12.5 Å². The normalized spacial score (nSPS) is 17.5. The summed E-state index contributed by atoms with van der Waals surface area (Å²) in [6.45, 7) is 2.00. The van der Waals surface area contributed by atoms with Gasteiger partial charge in [0.1, 0.15) is 5.75 Å². The Morgan fingerprint density at radius 2 is 1.72 bits per heavy atom. The number of nitrogens with one attached hydrogen (secondary N) is 1. The largest absolute Gasteiger partial charge is 0.481 e. The lowest BCUT2D eigenvalue weighted by Crippen LogP contribution is -2.43. The maximum atomic E-state index is 12.7. The Morgan fingerprint density at radius 1 is 1.04 bits per heavy atom. The molecule has 2 aromatic carbocycles. The van der Waals surface area contributed by atoms with Crippen LogP contribution in [0.5, 0.6) is 5.75 Å². The van der Waals surface area contributed by atoms with Crippen LogP contribution in [0.1, 0.15) is 58.3 Å². The van der Waals surface area contributed by atoms with E-state index in [1.807, 2.05) is 37.3 Å². The van der Waals surface area contributed by atoms with Gasteiger partial charge in [-0.1, -0.05) is 69.4 Å². The van der Waals surface area contributed by atoms with Gasteiger partial charge in [-0.05, 0) is 42.2 Å². The molecule has 3 rings (SSSR count). The van der Waals surface area contributed by atoms with Crippen molar-refractivity contribution in [1.29, 1.82) is 0 Å². The van der Waals surface area contributed by atoms with Crippen LogP contribution in [0.15, 0.2) is 42.5 Å². The van der Waals surface area contributed by atoms with E-state index in [4.69, 9.17) is 4.74 Å². The fourth-order valence-corrected chi connectivity index (χ4v) is 3.62. The fourth-order valence-electron chi connectivity index (χ4n) is 3.62. The predicted molar refractivity (Wildman–Crippen MR) is 103 cm³/mol. The van der Waals surface area contributed by atoms with E-state index in [0.717, 1.165) is 24.0 Å². The van der Waals surface area contributed by atoms with Gasteiger partial charge in [0.25, 0.3) is 5.91 Å². The summed E-state index contributed by atoms with van der Waals surface area (Å²) in [5.41, 5.74) is 0. The number of carbonyl (C=O) groups is 1. The second kappa shape index (κ2) is 8.89. The van der Waals surface area contributed by atoms with Crippen molar-refractivity contribution in [3.05, 3.63) is 42.5 Å². The van der Waals surface area contributed by atoms with Gasteiger partial charge in [0.05, 0.1) is 0 Å². The molecule has 1 fully saturated rings. The minimum absolute atomic E-state index is 0.0289. The summed E-state index contributed by atoms with van der Waals surface area (Å²) in [5.74, 6) is 0.791. The third kappa shape index (κ3) is 4.97. The van der Waals surface area contributed by atoms with Gasteiger partial charge in [-0.3, -0.25) is 4.79 Å². The van der Waals surface area contributed by atoms with Crippen LogP contribution in [0, 0.1) is 0 Å². The molecule has 25 heavy (non-hydrogen) atoms. The number of amides is 1. The summed E-state index contributed by atoms with van der Waals surface area (Å²) >= 11 is 0. The standard InChI is InChI=1S/C22H29NO2/c1-2-21(22(24)23-19-12-6-4-3-5-7-13-19)25-20-15-14-17-10-8-9-11-18(17)16-20/h8-11,14-16,19,21H,2-7,12-13H2,1H3,(H,23,24)/t21-/m0/s1. The van der Waals surface area contributed by atoms with Crippen molar-refractivity contribution in [2.75, 3.05) is 0 Å². The molecule has 1 aliphatic carbocycles. The Morgan fingerprint density at radius 3 is 2.44 bits per heavy atom. The monoisotopic (exact) mass is 339 g/mol. The smallest absolute Gasteiger partial charge is 0.261 e. The summed E-state index contributed by atoms with van der Waals surface area (Å²) < 4.78 is 6.02. The summed E-state index contributed by atoms with van der Waals surface area (Å²) in [4.78, 5) is 12.7. The molecule has 1 amide bonds. The second-order valence-electron chi connectivity index (χ2n) is 7.07. The highest BCUT2D eigenvalue weighted by Gasteiger charge is 2.22. The van der Waals surface area contributed by atoms with Gasteiger partial charge < -0.3 is 10.1 Å². The van der Waals surface area contributed by atoms with Gasteiger partial charge in [0.15, 0.2) is 6.10 Å². The zero-order valence-corrected chi connectivity index (χ0v) is 15.2. The molecule has 1 saturated carbocycles. The molecule has 0 unspecified atom stereocenters. The molecule has 1 atom stereocenters. The molecule has 3 nitrogen and oxygen atoms in total. The van der Waals surface area contributed by atoms with Crippen LogP contribution in [0.3, 0.4) is 0 Å². The van der Waals surface area contributed by atoms with Crippen molar-refractivity contribution in [1.82, 2.24) is 5.32 Å². The number of hydrogen-bond acceptors (Lipinski definition) is 2. The van der Waals surface area contributed by atoms with Gasteiger partial charge in [-0.2, -0.15) is 0 Å². The molecule has 0 aliphatic heterocycles. The first-order valence-corrected chi connectivity index (χ1v) is 9.72. The van der Waals surface area contributed by atoms with Crippen LogP contribution in [0.25, 0.3) is 10.8 Å². The van der Waals surface area contributed by atoms with Crippen molar-refractivity contribution in [3.8, 4) is 5.75 Å². The van der Waals surface area contributed by atoms with E-state index in [1.165, 1.54) is 37.5 Å². The maximum Gasteiger partial charge on any atom is 0.261 e. The highest BCUT2D eigenvalue weighted by Crippen LogP contribution is 2.22. The Balaban J connectivity index is 1.62. The predicted octanol–water partition coefficient (Wildman–Crippen LogP) is 5.23. The number of ether oxygens (including phenoxy) is 1. The Labute approximate surface area is 150 Å². The third-order valence-corrected chi connectivity index (χ3v) is 5.11. The lowest BCUT2D eigenvalue weighted by Gasteiger charge is -2.24. The van der Waals surface area contributed by atoms with Gasteiger partial charge in [-0.25, -0.2) is 0 Å². The molecule has 0 saturated heterocycles. The molecule has 2 aromatic rings. The molecule has 1 aliphatic rings. The molecule has 0 heterocycles. The zero-order chi connectivity index (χ0) is 17.5. The Hall–Kier alpha value is -2.03. The van der Waals surface area contributed by atoms with Gasteiger partial charge in [0, 0.05) is 6.04 Å². The highest BCUT2D eigenvalue weighted by molar-refractivity contribution is 5.84. The number of fused-ring (bicyclic) bond motifs is 1. The van der Waals surface area contributed by atoms with Crippen LogP contribution in [-0.4, -0.2) is 18.1 Å². The first-order valence-electron chi connectivity index (χ1n) is 9.72. The Bertz CT molecular complexity index is 689. The maximum absolute atomic E-state index is 12.7. The summed E-state index contributed by atoms with van der Waals surface area (Å²) in [5, 5.41) is 5.55. The number of hydrogen-bond donors (Lipinski definition) is 1. The first kappa shape index (κ1) is 17.8. The van der Waals surface area contributed by atoms with Crippen LogP contribution in [-0.2, 0) is 4.79 Å². The van der Waals surface area contributed by atoms with Gasteiger partial charge in [0.2, 0.25) is 0 Å². The van der Waals surface area contributed by atoms with E-state index in [-0.39, 0.29) is 5.91 Å². The SMILES string of the molecule is CC[C@H](Oc1ccc2ccccc2c1)C(=O)NC1CCCCCCC1. The average molecular weight is 339 g/mol. The van der Waals surface area contributed by atoms with Gasteiger partial charge in [-0.15, -0.1) is 0 Å². The molecule has 0 spiro atoms. The van der Waals surface area contributed by atoms with E-state index in [9.17, 15) is 4.79 Å². The van der Waals surface area contributed by atoms with Crippen molar-refractivity contribution in [2.45, 2.75) is 70.4 Å². The highest BCUT2D eigenvalue weighted by atomic mass is 16.5. The van der Waals surface area contributed by atoms with E-state index < -0.39 is 6.10 Å². The van der Waals surface area contributed by atoms with Crippen molar-refractivity contribution in [2.24, 2.45) is 0 Å². The fraction of sp³-hybridized carbons (Fsp3) is 0.500. The summed E-state index contributed by atoms with van der Waals surface area (Å²) in [6, 6.07) is 14.5. The van der Waals surface area contributed by atoms with Gasteiger partial charge >= 0.3 is 0 Å². The minimum Gasteiger partial charge on any atom is -0.481 e. The molecule has 0 radical (unpaired) electrons. The van der Waals surface area contributed by atoms with Crippen LogP contribution >= 0.6 is 0 Å². The molecule has 134 valence electrons. The molecule has 3 heteroatoms. The molecule has 0 bridgehead atoms. The molecule has 0 aromatic heterocycles. The third-order valence-electron chi connectivity index (χ3n) is 5.11. The minimum atomic E-state index is -0.424. The second-order valence-corrected chi connectivity index (χ2v) is 7.07. The Kier molecular flexibility index (Phi) is 6.32. The van der Waals surface area contributed by atoms with Crippen LogP contribution in [0.4, 0.5) is 0 Å². The first-order chi connectivity index (χ1) is 12.3. The zero-order valence-electron chi connectivity index (χ0n) is 15.2. The topological polar surface area (TPSA) is 38.3 Å². The van der Waals surface area contributed by atoms with Crippen molar-refractivity contribution < 1.29 is 9.53 Å².